The molecule has 0 aromatic carbocycles. The lowest BCUT2D eigenvalue weighted by Gasteiger charge is -2.10. The number of thiazole rings is 1. The van der Waals surface area contributed by atoms with Crippen LogP contribution in [0, 0.1) is 0 Å². The summed E-state index contributed by atoms with van der Waals surface area (Å²) < 4.78 is 5.27. The molecular weight excluding hydrogens is 278 g/mol. The number of rotatable bonds is 2. The number of ether oxygens (including phenoxy) is 1. The highest BCUT2D eigenvalue weighted by molar-refractivity contribution is 7.13. The number of hydrogen-bond donors (Lipinski definition) is 0. The van der Waals surface area contributed by atoms with Gasteiger partial charge < -0.3 is 4.74 Å². The first-order valence-corrected chi connectivity index (χ1v) is 8.39. The maximum Gasteiger partial charge on any atom is 0.123 e. The Bertz CT molecular complexity index is 605. The molecule has 2 aliphatic carbocycles. The molecule has 21 heavy (non-hydrogen) atoms. The van der Waals surface area contributed by atoms with E-state index in [0.717, 1.165) is 29.3 Å². The van der Waals surface area contributed by atoms with Crippen molar-refractivity contribution in [1.29, 1.82) is 0 Å². The van der Waals surface area contributed by atoms with Crippen molar-refractivity contribution in [2.75, 3.05) is 7.11 Å². The molecule has 2 nitrogen and oxygen atoms in total. The lowest BCUT2D eigenvalue weighted by atomic mass is 9.99. The van der Waals surface area contributed by atoms with Gasteiger partial charge in [0, 0.05) is 10.5 Å². The SMILES string of the molecule is CC.COC1=CCC=C(c2nc3c(s2)C(C)CC=C3)C=C1. The van der Waals surface area contributed by atoms with Crippen LogP contribution < -0.4 is 0 Å². The van der Waals surface area contributed by atoms with Gasteiger partial charge in [0.15, 0.2) is 0 Å². The molecule has 3 heteroatoms. The third-order valence-electron chi connectivity index (χ3n) is 3.46. The molecular formula is C18H23NOS. The highest BCUT2D eigenvalue weighted by atomic mass is 32.1. The molecule has 2 aliphatic rings. The van der Waals surface area contributed by atoms with Gasteiger partial charge in [0.05, 0.1) is 12.8 Å². The molecule has 1 aromatic rings. The fourth-order valence-electron chi connectivity index (χ4n) is 2.35. The van der Waals surface area contributed by atoms with Gasteiger partial charge in [-0.15, -0.1) is 11.3 Å². The molecule has 0 fully saturated rings. The number of methoxy groups -OCH3 is 1. The number of hydrogen-bond acceptors (Lipinski definition) is 3. The fraction of sp³-hybridized carbons (Fsp3) is 0.389. The predicted molar refractivity (Wildman–Crippen MR) is 92.4 cm³/mol. The Morgan fingerprint density at radius 3 is 2.71 bits per heavy atom. The van der Waals surface area contributed by atoms with Crippen LogP contribution in [0.4, 0.5) is 0 Å². The number of allylic oxidation sites excluding steroid dienone is 6. The van der Waals surface area contributed by atoms with Crippen molar-refractivity contribution < 1.29 is 4.74 Å². The minimum atomic E-state index is 0.592. The molecule has 1 heterocycles. The van der Waals surface area contributed by atoms with E-state index < -0.39 is 0 Å². The van der Waals surface area contributed by atoms with Gasteiger partial charge in [-0.3, -0.25) is 0 Å². The van der Waals surface area contributed by atoms with Gasteiger partial charge in [0.1, 0.15) is 10.8 Å². The Balaban J connectivity index is 0.000000774. The summed E-state index contributed by atoms with van der Waals surface area (Å²) in [5.41, 5.74) is 2.35. The van der Waals surface area contributed by atoms with Crippen molar-refractivity contribution >= 4 is 23.0 Å². The molecule has 0 N–H and O–H groups in total. The molecule has 0 amide bonds. The molecule has 1 unspecified atom stereocenters. The Labute approximate surface area is 131 Å². The molecule has 1 aromatic heterocycles. The molecule has 1 atom stereocenters. The van der Waals surface area contributed by atoms with E-state index in [9.17, 15) is 0 Å². The normalized spacial score (nSPS) is 19.7. The van der Waals surface area contributed by atoms with Crippen molar-refractivity contribution in [3.63, 3.8) is 0 Å². The smallest absolute Gasteiger partial charge is 0.123 e. The third-order valence-corrected chi connectivity index (χ3v) is 4.81. The zero-order chi connectivity index (χ0) is 15.2. The van der Waals surface area contributed by atoms with E-state index in [4.69, 9.17) is 9.72 Å². The zero-order valence-corrected chi connectivity index (χ0v) is 14.0. The minimum absolute atomic E-state index is 0.592. The summed E-state index contributed by atoms with van der Waals surface area (Å²) in [5.74, 6) is 1.51. The number of fused-ring (bicyclic) bond motifs is 1. The average molecular weight is 301 g/mol. The Morgan fingerprint density at radius 1 is 1.19 bits per heavy atom. The van der Waals surface area contributed by atoms with Gasteiger partial charge in [-0.25, -0.2) is 4.98 Å². The second-order valence-corrected chi connectivity index (χ2v) is 5.88. The highest BCUT2D eigenvalue weighted by Gasteiger charge is 2.19. The topological polar surface area (TPSA) is 22.1 Å². The molecule has 0 spiro atoms. The van der Waals surface area contributed by atoms with Crippen molar-refractivity contribution in [2.24, 2.45) is 0 Å². The summed E-state index contributed by atoms with van der Waals surface area (Å²) in [7, 11) is 1.70. The molecule has 0 bridgehead atoms. The number of nitrogens with zero attached hydrogens (tertiary/aromatic N) is 1. The van der Waals surface area contributed by atoms with Gasteiger partial charge in [-0.2, -0.15) is 0 Å². The summed E-state index contributed by atoms with van der Waals surface area (Å²) in [6.07, 6.45) is 14.8. The Hall–Kier alpha value is -1.61. The number of aromatic nitrogens is 1. The highest BCUT2D eigenvalue weighted by Crippen LogP contribution is 2.36. The van der Waals surface area contributed by atoms with Crippen molar-refractivity contribution in [2.45, 2.75) is 39.5 Å². The van der Waals surface area contributed by atoms with Crippen LogP contribution in [0.3, 0.4) is 0 Å². The monoisotopic (exact) mass is 301 g/mol. The van der Waals surface area contributed by atoms with E-state index in [1.54, 1.807) is 7.11 Å². The van der Waals surface area contributed by atoms with Gasteiger partial charge in [-0.05, 0) is 43.1 Å². The van der Waals surface area contributed by atoms with Gasteiger partial charge in [0.25, 0.3) is 0 Å². The molecule has 0 saturated heterocycles. The molecule has 0 aliphatic heterocycles. The standard InChI is InChI=1S/C16H17NOS.C2H6/c1-11-5-3-8-14-15(11)19-16(17-14)12-6-4-7-13(18-2)10-9-12;1-2/h3,6-11H,4-5H2,1-2H3;1-2H3. The summed E-state index contributed by atoms with van der Waals surface area (Å²) in [6, 6.07) is 0. The van der Waals surface area contributed by atoms with E-state index in [1.807, 2.05) is 31.3 Å². The maximum absolute atomic E-state index is 5.27. The Kier molecular flexibility index (Phi) is 5.57. The lowest BCUT2D eigenvalue weighted by Crippen LogP contribution is -1.95. The zero-order valence-electron chi connectivity index (χ0n) is 13.2. The molecule has 112 valence electrons. The van der Waals surface area contributed by atoms with Crippen LogP contribution in [0.15, 0.2) is 36.1 Å². The largest absolute Gasteiger partial charge is 0.497 e. The van der Waals surface area contributed by atoms with Crippen LogP contribution in [-0.4, -0.2) is 12.1 Å². The van der Waals surface area contributed by atoms with Gasteiger partial charge in [0.2, 0.25) is 0 Å². The van der Waals surface area contributed by atoms with Crippen LogP contribution in [-0.2, 0) is 4.74 Å². The van der Waals surface area contributed by atoms with Crippen molar-refractivity contribution in [3.05, 3.63) is 51.7 Å². The Morgan fingerprint density at radius 2 is 2.00 bits per heavy atom. The van der Waals surface area contributed by atoms with Crippen LogP contribution in [0.2, 0.25) is 0 Å². The first-order valence-electron chi connectivity index (χ1n) is 7.58. The second-order valence-electron chi connectivity index (χ2n) is 4.85. The third kappa shape index (κ3) is 3.53. The molecule has 3 rings (SSSR count). The van der Waals surface area contributed by atoms with E-state index >= 15 is 0 Å². The summed E-state index contributed by atoms with van der Waals surface area (Å²) in [5, 5.41) is 1.12. The van der Waals surface area contributed by atoms with Crippen LogP contribution in [0.5, 0.6) is 0 Å². The summed E-state index contributed by atoms with van der Waals surface area (Å²) in [4.78, 5) is 6.18. The predicted octanol–water partition coefficient (Wildman–Crippen LogP) is 5.56. The quantitative estimate of drug-likeness (QED) is 0.713. The fourth-order valence-corrected chi connectivity index (χ4v) is 3.49. The molecule has 0 radical (unpaired) electrons. The van der Waals surface area contributed by atoms with E-state index in [2.05, 4.69) is 37.3 Å². The van der Waals surface area contributed by atoms with Crippen LogP contribution in [0.1, 0.15) is 55.1 Å². The maximum atomic E-state index is 5.27. The summed E-state index contributed by atoms with van der Waals surface area (Å²) in [6.45, 7) is 6.27. The lowest BCUT2D eigenvalue weighted by molar-refractivity contribution is 0.306. The summed E-state index contributed by atoms with van der Waals surface area (Å²) >= 11 is 1.82. The second kappa shape index (κ2) is 7.41. The van der Waals surface area contributed by atoms with Crippen LogP contribution >= 0.6 is 11.3 Å². The minimum Gasteiger partial charge on any atom is -0.497 e. The first kappa shape index (κ1) is 15.8. The van der Waals surface area contributed by atoms with Crippen LogP contribution in [0.25, 0.3) is 11.6 Å². The van der Waals surface area contributed by atoms with Gasteiger partial charge >= 0.3 is 0 Å². The van der Waals surface area contributed by atoms with E-state index in [1.165, 1.54) is 10.5 Å². The van der Waals surface area contributed by atoms with Gasteiger partial charge in [-0.1, -0.05) is 32.9 Å². The molecule has 0 saturated carbocycles. The van der Waals surface area contributed by atoms with Crippen molar-refractivity contribution in [1.82, 2.24) is 4.98 Å². The van der Waals surface area contributed by atoms with E-state index in [0.29, 0.717) is 5.92 Å². The van der Waals surface area contributed by atoms with Crippen molar-refractivity contribution in [3.8, 4) is 0 Å². The first-order chi connectivity index (χ1) is 10.3. The average Bonchev–Trinajstić information content (AvgIpc) is 2.81. The van der Waals surface area contributed by atoms with E-state index in [-0.39, 0.29) is 0 Å².